The van der Waals surface area contributed by atoms with Crippen LogP contribution in [0.1, 0.15) is 50.7 Å². The van der Waals surface area contributed by atoms with Gasteiger partial charge in [-0.3, -0.25) is 4.68 Å². The van der Waals surface area contributed by atoms with Gasteiger partial charge in [-0.2, -0.15) is 5.10 Å². The predicted molar refractivity (Wildman–Crippen MR) is 125 cm³/mol. The molecule has 0 bridgehead atoms. The second kappa shape index (κ2) is 12.4. The van der Waals surface area contributed by atoms with E-state index in [9.17, 15) is 0 Å². The molecule has 30 heavy (non-hydrogen) atoms. The van der Waals surface area contributed by atoms with Gasteiger partial charge in [-0.1, -0.05) is 31.2 Å². The van der Waals surface area contributed by atoms with Crippen LogP contribution in [0.5, 0.6) is 0 Å². The van der Waals surface area contributed by atoms with E-state index in [1.54, 1.807) is 0 Å². The van der Waals surface area contributed by atoms with Crippen LogP contribution in [0.4, 0.5) is 0 Å². The topological polar surface area (TPSA) is 57.5 Å². The molecule has 1 aliphatic rings. The maximum Gasteiger partial charge on any atom is 0.191 e. The van der Waals surface area contributed by atoms with Gasteiger partial charge in [-0.05, 0) is 75.4 Å². The van der Waals surface area contributed by atoms with Gasteiger partial charge >= 0.3 is 0 Å². The first-order valence-corrected chi connectivity index (χ1v) is 11.5. The summed E-state index contributed by atoms with van der Waals surface area (Å²) in [6.45, 7) is 11.5. The zero-order valence-corrected chi connectivity index (χ0v) is 18.7. The minimum absolute atomic E-state index is 0.665. The largest absolute Gasteiger partial charge is 0.357 e. The van der Waals surface area contributed by atoms with Gasteiger partial charge in [0.15, 0.2) is 5.96 Å². The van der Waals surface area contributed by atoms with E-state index in [0.29, 0.717) is 6.54 Å². The normalized spacial score (nSPS) is 16.0. The van der Waals surface area contributed by atoms with Crippen molar-refractivity contribution in [3.05, 3.63) is 53.9 Å². The summed E-state index contributed by atoms with van der Waals surface area (Å²) in [6.07, 6.45) is 8.95. The van der Waals surface area contributed by atoms with E-state index in [2.05, 4.69) is 58.7 Å². The number of nitrogens with zero attached hydrogens (tertiary/aromatic N) is 4. The molecular formula is C24H38N6. The van der Waals surface area contributed by atoms with E-state index in [-0.39, 0.29) is 0 Å². The van der Waals surface area contributed by atoms with Gasteiger partial charge in [0.05, 0.1) is 13.1 Å². The van der Waals surface area contributed by atoms with Crippen LogP contribution in [0, 0.1) is 5.92 Å². The maximum absolute atomic E-state index is 4.82. The molecule has 1 aliphatic heterocycles. The van der Waals surface area contributed by atoms with Crippen LogP contribution in [0.3, 0.4) is 0 Å². The highest BCUT2D eigenvalue weighted by Gasteiger charge is 2.14. The minimum atomic E-state index is 0.665. The first-order valence-electron chi connectivity index (χ1n) is 11.5. The monoisotopic (exact) mass is 410 g/mol. The minimum Gasteiger partial charge on any atom is -0.357 e. The van der Waals surface area contributed by atoms with Crippen molar-refractivity contribution < 1.29 is 0 Å². The molecule has 1 aromatic heterocycles. The number of unbranched alkanes of at least 4 members (excludes halogenated alkanes) is 1. The summed E-state index contributed by atoms with van der Waals surface area (Å²) in [6, 6.07) is 10.4. The summed E-state index contributed by atoms with van der Waals surface area (Å²) in [5.41, 5.74) is 2.50. The van der Waals surface area contributed by atoms with Crippen LogP contribution < -0.4 is 10.6 Å². The van der Waals surface area contributed by atoms with Gasteiger partial charge in [0, 0.05) is 25.5 Å². The zero-order valence-electron chi connectivity index (χ0n) is 18.7. The summed E-state index contributed by atoms with van der Waals surface area (Å²) < 4.78 is 1.95. The molecule has 1 saturated heterocycles. The molecule has 0 spiro atoms. The Morgan fingerprint density at radius 2 is 1.90 bits per heavy atom. The number of rotatable bonds is 10. The highest BCUT2D eigenvalue weighted by Crippen LogP contribution is 2.16. The number of hydrogen-bond acceptors (Lipinski definition) is 3. The van der Waals surface area contributed by atoms with E-state index in [4.69, 9.17) is 4.99 Å². The molecule has 0 saturated carbocycles. The number of likely N-dealkylation sites (tertiary alicyclic amines) is 1. The number of piperidine rings is 1. The molecule has 2 aromatic rings. The van der Waals surface area contributed by atoms with Gasteiger partial charge in [0.1, 0.15) is 0 Å². The average Bonchev–Trinajstić information content (AvgIpc) is 3.27. The molecule has 0 radical (unpaired) electrons. The van der Waals surface area contributed by atoms with Gasteiger partial charge in [0.25, 0.3) is 0 Å². The van der Waals surface area contributed by atoms with E-state index in [1.165, 1.54) is 56.4 Å². The Balaban J connectivity index is 1.44. The molecule has 164 valence electrons. The summed E-state index contributed by atoms with van der Waals surface area (Å²) in [4.78, 5) is 7.44. The smallest absolute Gasteiger partial charge is 0.191 e. The number of benzene rings is 1. The fourth-order valence-corrected chi connectivity index (χ4v) is 3.89. The molecule has 6 heteroatoms. The van der Waals surface area contributed by atoms with Gasteiger partial charge in [-0.15, -0.1) is 0 Å². The molecule has 1 fully saturated rings. The van der Waals surface area contributed by atoms with Crippen molar-refractivity contribution in [1.82, 2.24) is 25.3 Å². The Morgan fingerprint density at radius 1 is 1.10 bits per heavy atom. The number of guanidine groups is 1. The zero-order chi connectivity index (χ0) is 21.0. The standard InChI is InChI=1S/C24H38N6/c1-3-25-24(26-13-6-7-15-29-17-11-21(2)12-18-29)27-19-22-9-4-5-10-23(22)20-30-16-8-14-28-30/h4-5,8-10,14,16,21H,3,6-7,11-13,15,17-20H2,1-2H3,(H2,25,26,27). The first-order chi connectivity index (χ1) is 14.7. The van der Waals surface area contributed by atoms with E-state index in [1.807, 2.05) is 23.1 Å². The lowest BCUT2D eigenvalue weighted by molar-refractivity contribution is 0.189. The van der Waals surface area contributed by atoms with Crippen LogP contribution in [0.2, 0.25) is 0 Å². The number of aromatic nitrogens is 2. The van der Waals surface area contributed by atoms with Crippen molar-refractivity contribution in [3.8, 4) is 0 Å². The molecule has 3 rings (SSSR count). The fraction of sp³-hybridized carbons (Fsp3) is 0.583. The molecule has 1 aromatic carbocycles. The summed E-state index contributed by atoms with van der Waals surface area (Å²) in [5.74, 6) is 1.81. The Morgan fingerprint density at radius 3 is 2.63 bits per heavy atom. The SMILES string of the molecule is CCNC(=NCc1ccccc1Cn1cccn1)NCCCCN1CCC(C)CC1. The summed E-state index contributed by atoms with van der Waals surface area (Å²) in [5, 5.41) is 11.2. The van der Waals surface area contributed by atoms with Gasteiger partial charge in [-0.25, -0.2) is 4.99 Å². The summed E-state index contributed by atoms with van der Waals surface area (Å²) >= 11 is 0. The Labute approximate surface area is 181 Å². The third kappa shape index (κ3) is 7.48. The Bertz CT molecular complexity index is 747. The third-order valence-corrected chi connectivity index (χ3v) is 5.83. The molecular weight excluding hydrogens is 372 g/mol. The van der Waals surface area contributed by atoms with Crippen molar-refractivity contribution in [3.63, 3.8) is 0 Å². The average molecular weight is 411 g/mol. The van der Waals surface area contributed by atoms with Crippen LogP contribution in [0.15, 0.2) is 47.7 Å². The van der Waals surface area contributed by atoms with Crippen LogP contribution >= 0.6 is 0 Å². The molecule has 2 N–H and O–H groups in total. The van der Waals surface area contributed by atoms with E-state index < -0.39 is 0 Å². The lowest BCUT2D eigenvalue weighted by Crippen LogP contribution is -2.38. The number of nitrogens with one attached hydrogen (secondary N) is 2. The second-order valence-electron chi connectivity index (χ2n) is 8.33. The van der Waals surface area contributed by atoms with Crippen molar-refractivity contribution >= 4 is 5.96 Å². The predicted octanol–water partition coefficient (Wildman–Crippen LogP) is 3.50. The second-order valence-corrected chi connectivity index (χ2v) is 8.33. The molecule has 0 unspecified atom stereocenters. The first kappa shape index (κ1) is 22.3. The van der Waals surface area contributed by atoms with E-state index in [0.717, 1.165) is 31.5 Å². The highest BCUT2D eigenvalue weighted by atomic mass is 15.3. The van der Waals surface area contributed by atoms with Gasteiger partial charge < -0.3 is 15.5 Å². The van der Waals surface area contributed by atoms with E-state index >= 15 is 0 Å². The molecule has 0 amide bonds. The summed E-state index contributed by atoms with van der Waals surface area (Å²) in [7, 11) is 0. The Hall–Kier alpha value is -2.34. The quantitative estimate of drug-likeness (QED) is 0.358. The molecule has 0 atom stereocenters. The maximum atomic E-state index is 4.82. The molecule has 6 nitrogen and oxygen atoms in total. The third-order valence-electron chi connectivity index (χ3n) is 5.83. The van der Waals surface area contributed by atoms with Crippen LogP contribution in [0.25, 0.3) is 0 Å². The van der Waals surface area contributed by atoms with Crippen LogP contribution in [-0.4, -0.2) is 53.4 Å². The molecule has 0 aliphatic carbocycles. The number of hydrogen-bond donors (Lipinski definition) is 2. The van der Waals surface area contributed by atoms with Crippen molar-refractivity contribution in [2.45, 2.75) is 52.6 Å². The molecule has 2 heterocycles. The van der Waals surface area contributed by atoms with Gasteiger partial charge in [0.2, 0.25) is 0 Å². The van der Waals surface area contributed by atoms with Crippen molar-refractivity contribution in [2.24, 2.45) is 10.9 Å². The lowest BCUT2D eigenvalue weighted by Gasteiger charge is -2.30. The Kier molecular flexibility index (Phi) is 9.22. The lowest BCUT2D eigenvalue weighted by atomic mass is 9.99. The highest BCUT2D eigenvalue weighted by molar-refractivity contribution is 5.79. The van der Waals surface area contributed by atoms with Crippen LogP contribution in [-0.2, 0) is 13.1 Å². The fourth-order valence-electron chi connectivity index (χ4n) is 3.89. The number of aliphatic imine (C=N–C) groups is 1. The van der Waals surface area contributed by atoms with Crippen molar-refractivity contribution in [2.75, 3.05) is 32.7 Å². The van der Waals surface area contributed by atoms with Crippen molar-refractivity contribution in [1.29, 1.82) is 0 Å².